The molecule has 0 saturated heterocycles. The summed E-state index contributed by atoms with van der Waals surface area (Å²) in [4.78, 5) is 9.91. The van der Waals surface area contributed by atoms with E-state index in [1.165, 1.54) is 0 Å². The maximum absolute atomic E-state index is 12.9. The second kappa shape index (κ2) is 6.11. The van der Waals surface area contributed by atoms with Gasteiger partial charge in [-0.05, 0) is 11.8 Å². The minimum atomic E-state index is -4.56. The minimum Gasteiger partial charge on any atom is -0.491 e. The fourth-order valence-corrected chi connectivity index (χ4v) is 3.61. The first-order valence-electron chi connectivity index (χ1n) is 7.95. The van der Waals surface area contributed by atoms with E-state index in [0.717, 1.165) is 28.2 Å². The van der Waals surface area contributed by atoms with Crippen molar-refractivity contribution >= 4 is 22.9 Å². The number of hydrogen-bond acceptors (Lipinski definition) is 6. The van der Waals surface area contributed by atoms with Crippen LogP contribution in [-0.2, 0) is 19.6 Å². The van der Waals surface area contributed by atoms with Crippen molar-refractivity contribution in [3.05, 3.63) is 23.5 Å². The lowest BCUT2D eigenvalue weighted by Gasteiger charge is -2.10. The Balaban J connectivity index is 1.90. The highest BCUT2D eigenvalue weighted by Gasteiger charge is 2.34. The monoisotopic (exact) mass is 381 g/mol. The summed E-state index contributed by atoms with van der Waals surface area (Å²) in [6.45, 7) is 2.59. The van der Waals surface area contributed by atoms with Crippen molar-refractivity contribution < 1.29 is 17.9 Å². The number of halogens is 3. The molecule has 0 saturated carbocycles. The maximum atomic E-state index is 12.9. The van der Waals surface area contributed by atoms with E-state index >= 15 is 0 Å². The average molecular weight is 381 g/mol. The first-order chi connectivity index (χ1) is 12.4. The van der Waals surface area contributed by atoms with Crippen LogP contribution in [0.5, 0.6) is 5.75 Å². The first-order valence-corrected chi connectivity index (χ1v) is 8.94. The molecule has 6 nitrogen and oxygen atoms in total. The smallest absolute Gasteiger partial charge is 0.435 e. The van der Waals surface area contributed by atoms with E-state index in [-0.39, 0.29) is 11.2 Å². The van der Waals surface area contributed by atoms with Gasteiger partial charge in [-0.15, -0.1) is 22.0 Å². The summed E-state index contributed by atoms with van der Waals surface area (Å²) in [7, 11) is 1.69. The number of aryl methyl sites for hydroxylation is 1. The standard InChI is InChI=1S/C16H14F3N5OS/c1-3-26-11-7-10-8(4-5-25-10)20-13(11)15-21-9-6-12(16(17,18)19)22-23-14(9)24(15)2/h6-7H,3-5H2,1-2H3. The van der Waals surface area contributed by atoms with Gasteiger partial charge in [0.05, 0.1) is 12.3 Å². The number of alkyl halides is 3. The van der Waals surface area contributed by atoms with Crippen molar-refractivity contribution in [2.45, 2.75) is 24.4 Å². The molecule has 1 aliphatic rings. The maximum Gasteiger partial charge on any atom is 0.435 e. The molecule has 1 aliphatic heterocycles. The largest absolute Gasteiger partial charge is 0.491 e. The Kier molecular flexibility index (Phi) is 4.02. The molecule has 0 atom stereocenters. The second-order valence-corrected chi connectivity index (χ2v) is 7.05. The molecular weight excluding hydrogens is 367 g/mol. The Morgan fingerprint density at radius 3 is 2.77 bits per heavy atom. The molecule has 3 aromatic heterocycles. The molecule has 10 heteroatoms. The molecule has 0 unspecified atom stereocenters. The number of hydrogen-bond donors (Lipinski definition) is 0. The second-order valence-electron chi connectivity index (χ2n) is 5.74. The third-order valence-corrected chi connectivity index (χ3v) is 4.95. The van der Waals surface area contributed by atoms with E-state index in [0.29, 0.717) is 24.5 Å². The van der Waals surface area contributed by atoms with E-state index in [2.05, 4.69) is 20.2 Å². The molecule has 4 rings (SSSR count). The van der Waals surface area contributed by atoms with E-state index in [1.54, 1.807) is 23.4 Å². The molecule has 0 radical (unpaired) electrons. The Bertz CT molecular complexity index is 1000. The molecule has 0 aromatic carbocycles. The van der Waals surface area contributed by atoms with Crippen LogP contribution in [0.25, 0.3) is 22.7 Å². The highest BCUT2D eigenvalue weighted by molar-refractivity contribution is 7.99. The normalized spacial score (nSPS) is 13.9. The highest BCUT2D eigenvalue weighted by Crippen LogP contribution is 2.37. The summed E-state index contributed by atoms with van der Waals surface area (Å²) in [6, 6.07) is 2.83. The molecule has 0 N–H and O–H groups in total. The van der Waals surface area contributed by atoms with Crippen molar-refractivity contribution in [1.29, 1.82) is 0 Å². The van der Waals surface area contributed by atoms with Crippen molar-refractivity contribution in [2.24, 2.45) is 7.05 Å². The molecule has 3 aromatic rings. The molecular formula is C16H14F3N5OS. The fourth-order valence-electron chi connectivity index (χ4n) is 2.84. The highest BCUT2D eigenvalue weighted by atomic mass is 32.2. The summed E-state index contributed by atoms with van der Waals surface area (Å²) in [5.74, 6) is 2.02. The van der Waals surface area contributed by atoms with E-state index < -0.39 is 11.9 Å². The Labute approximate surface area is 150 Å². The van der Waals surface area contributed by atoms with Gasteiger partial charge in [0.2, 0.25) is 0 Å². The van der Waals surface area contributed by atoms with Gasteiger partial charge in [0.1, 0.15) is 17.0 Å². The van der Waals surface area contributed by atoms with Gasteiger partial charge in [0.25, 0.3) is 0 Å². The van der Waals surface area contributed by atoms with Crippen molar-refractivity contribution in [2.75, 3.05) is 12.4 Å². The van der Waals surface area contributed by atoms with Crippen LogP contribution in [0.3, 0.4) is 0 Å². The fraction of sp³-hybridized carbons (Fsp3) is 0.375. The predicted octanol–water partition coefficient (Wildman–Crippen LogP) is 3.49. The number of ether oxygens (including phenoxy) is 1. The number of fused-ring (bicyclic) bond motifs is 2. The van der Waals surface area contributed by atoms with Crippen LogP contribution < -0.4 is 4.74 Å². The van der Waals surface area contributed by atoms with Gasteiger partial charge >= 0.3 is 6.18 Å². The zero-order chi connectivity index (χ0) is 18.5. The average Bonchev–Trinajstić information content (AvgIpc) is 3.17. The van der Waals surface area contributed by atoms with Gasteiger partial charge < -0.3 is 9.30 Å². The van der Waals surface area contributed by atoms with Crippen LogP contribution in [0, 0.1) is 0 Å². The number of pyridine rings is 1. The van der Waals surface area contributed by atoms with E-state index in [1.807, 2.05) is 13.0 Å². The van der Waals surface area contributed by atoms with Crippen LogP contribution in [0.1, 0.15) is 18.3 Å². The lowest BCUT2D eigenvalue weighted by molar-refractivity contribution is -0.141. The number of imidazole rings is 1. The number of thioether (sulfide) groups is 1. The Morgan fingerprint density at radius 2 is 2.04 bits per heavy atom. The Morgan fingerprint density at radius 1 is 1.23 bits per heavy atom. The summed E-state index contributed by atoms with van der Waals surface area (Å²) >= 11 is 1.58. The molecule has 0 spiro atoms. The number of aromatic nitrogens is 5. The SMILES string of the molecule is CCSc1cc2c(nc1-c1nc3cc(C(F)(F)F)nnc3n1C)CCO2. The topological polar surface area (TPSA) is 65.7 Å². The van der Waals surface area contributed by atoms with Crippen LogP contribution in [-0.4, -0.2) is 37.1 Å². The lowest BCUT2D eigenvalue weighted by Crippen LogP contribution is -2.09. The molecule has 0 fully saturated rings. The van der Waals surface area contributed by atoms with Crippen LogP contribution in [0.15, 0.2) is 17.0 Å². The van der Waals surface area contributed by atoms with E-state index in [4.69, 9.17) is 4.74 Å². The lowest BCUT2D eigenvalue weighted by atomic mass is 10.2. The predicted molar refractivity (Wildman–Crippen MR) is 90.1 cm³/mol. The number of nitrogens with zero attached hydrogens (tertiary/aromatic N) is 5. The van der Waals surface area contributed by atoms with Crippen LogP contribution >= 0.6 is 11.8 Å². The Hall–Kier alpha value is -2.36. The van der Waals surface area contributed by atoms with Crippen LogP contribution in [0.2, 0.25) is 0 Å². The number of rotatable bonds is 3. The van der Waals surface area contributed by atoms with Gasteiger partial charge in [-0.2, -0.15) is 13.2 Å². The van der Waals surface area contributed by atoms with Gasteiger partial charge in [0, 0.05) is 24.4 Å². The summed E-state index contributed by atoms with van der Waals surface area (Å²) in [5, 5.41) is 6.99. The van der Waals surface area contributed by atoms with Gasteiger partial charge in [-0.25, -0.2) is 9.97 Å². The minimum absolute atomic E-state index is 0.135. The van der Waals surface area contributed by atoms with Crippen molar-refractivity contribution in [1.82, 2.24) is 24.7 Å². The van der Waals surface area contributed by atoms with Gasteiger partial charge in [0.15, 0.2) is 17.2 Å². The summed E-state index contributed by atoms with van der Waals surface area (Å²) < 4.78 is 45.9. The van der Waals surface area contributed by atoms with Crippen molar-refractivity contribution in [3.8, 4) is 17.3 Å². The summed E-state index contributed by atoms with van der Waals surface area (Å²) in [5.41, 5.74) is 0.799. The van der Waals surface area contributed by atoms with Crippen molar-refractivity contribution in [3.63, 3.8) is 0 Å². The summed E-state index contributed by atoms with van der Waals surface area (Å²) in [6.07, 6.45) is -3.87. The molecule has 0 aliphatic carbocycles. The zero-order valence-corrected chi connectivity index (χ0v) is 14.8. The van der Waals surface area contributed by atoms with E-state index in [9.17, 15) is 13.2 Å². The zero-order valence-electron chi connectivity index (χ0n) is 14.0. The van der Waals surface area contributed by atoms with Gasteiger partial charge in [-0.1, -0.05) is 6.92 Å². The third-order valence-electron chi connectivity index (χ3n) is 4.04. The first kappa shape index (κ1) is 17.1. The van der Waals surface area contributed by atoms with Crippen LogP contribution in [0.4, 0.5) is 13.2 Å². The molecule has 4 heterocycles. The molecule has 136 valence electrons. The third kappa shape index (κ3) is 2.77. The van der Waals surface area contributed by atoms with Gasteiger partial charge in [-0.3, -0.25) is 0 Å². The molecule has 0 amide bonds. The quantitative estimate of drug-likeness (QED) is 0.647. The molecule has 0 bridgehead atoms. The molecule has 26 heavy (non-hydrogen) atoms.